The van der Waals surface area contributed by atoms with E-state index in [1.54, 1.807) is 0 Å². The summed E-state index contributed by atoms with van der Waals surface area (Å²) in [5, 5.41) is 2.33. The number of esters is 1. The summed E-state index contributed by atoms with van der Waals surface area (Å²) in [5.74, 6) is -0.742. The van der Waals surface area contributed by atoms with Gasteiger partial charge in [0.2, 0.25) is 6.23 Å². The van der Waals surface area contributed by atoms with Gasteiger partial charge in [-0.25, -0.2) is 9.59 Å². The molecule has 2 aromatic rings. The molecular formula is C19H19NO5. The highest BCUT2D eigenvalue weighted by Gasteiger charge is 2.29. The molecule has 0 aliphatic heterocycles. The van der Waals surface area contributed by atoms with Crippen LogP contribution >= 0.6 is 0 Å². The van der Waals surface area contributed by atoms with Gasteiger partial charge in [-0.3, -0.25) is 5.32 Å². The van der Waals surface area contributed by atoms with Gasteiger partial charge < -0.3 is 14.2 Å². The van der Waals surface area contributed by atoms with Gasteiger partial charge in [0, 0.05) is 13.0 Å². The van der Waals surface area contributed by atoms with Crippen LogP contribution in [0.5, 0.6) is 0 Å². The van der Waals surface area contributed by atoms with Crippen molar-refractivity contribution in [1.82, 2.24) is 5.32 Å². The molecule has 1 unspecified atom stereocenters. The number of methoxy groups -OCH3 is 2. The highest BCUT2D eigenvalue weighted by atomic mass is 16.6. The molecule has 6 nitrogen and oxygen atoms in total. The second kappa shape index (κ2) is 7.36. The zero-order valence-electron chi connectivity index (χ0n) is 14.0. The minimum atomic E-state index is -1.19. The number of rotatable bonds is 5. The fourth-order valence-corrected chi connectivity index (χ4v) is 3.07. The molecule has 0 radical (unpaired) electrons. The maximum atomic E-state index is 12.0. The van der Waals surface area contributed by atoms with Gasteiger partial charge in [-0.2, -0.15) is 0 Å². The third kappa shape index (κ3) is 3.34. The summed E-state index contributed by atoms with van der Waals surface area (Å²) in [6.07, 6.45) is -1.93. The number of amides is 1. The van der Waals surface area contributed by atoms with Crippen LogP contribution < -0.4 is 5.32 Å². The maximum Gasteiger partial charge on any atom is 0.409 e. The standard InChI is InChI=1S/C19H19NO5/c1-23-17(18(21)24-2)20-19(22)25-11-16-14-9-5-3-7-12(14)13-8-4-6-10-15(13)16/h3-10,16-17H,11H2,1-2H3,(H,20,22). The fraction of sp³-hybridized carbons (Fsp3) is 0.263. The van der Waals surface area contributed by atoms with Crippen LogP contribution in [0.3, 0.4) is 0 Å². The molecule has 6 heteroatoms. The van der Waals surface area contributed by atoms with Crippen LogP contribution in [0.2, 0.25) is 0 Å². The lowest BCUT2D eigenvalue weighted by Crippen LogP contribution is -2.43. The Morgan fingerprint density at radius 1 is 1.00 bits per heavy atom. The smallest absolute Gasteiger partial charge is 0.409 e. The van der Waals surface area contributed by atoms with Crippen LogP contribution in [0.25, 0.3) is 11.1 Å². The number of benzene rings is 2. The molecule has 0 aromatic heterocycles. The summed E-state index contributed by atoms with van der Waals surface area (Å²) < 4.78 is 14.7. The van der Waals surface area contributed by atoms with Gasteiger partial charge in [-0.1, -0.05) is 48.5 Å². The largest absolute Gasteiger partial charge is 0.466 e. The summed E-state index contributed by atoms with van der Waals surface area (Å²) in [5.41, 5.74) is 4.54. The lowest BCUT2D eigenvalue weighted by atomic mass is 9.98. The zero-order chi connectivity index (χ0) is 17.8. The first-order valence-electron chi connectivity index (χ1n) is 7.88. The van der Waals surface area contributed by atoms with E-state index in [9.17, 15) is 9.59 Å². The normalized spacial score (nSPS) is 13.5. The van der Waals surface area contributed by atoms with Crippen molar-refractivity contribution in [2.45, 2.75) is 12.1 Å². The Hall–Kier alpha value is -2.86. The van der Waals surface area contributed by atoms with Crippen molar-refractivity contribution in [2.75, 3.05) is 20.8 Å². The quantitative estimate of drug-likeness (QED) is 0.668. The molecule has 0 fully saturated rings. The number of hydrogen-bond acceptors (Lipinski definition) is 5. The first-order chi connectivity index (χ1) is 12.2. The number of carbonyl (C=O) groups excluding carboxylic acids is 2. The summed E-state index contributed by atoms with van der Waals surface area (Å²) in [4.78, 5) is 23.4. The minimum absolute atomic E-state index is 0.0442. The van der Waals surface area contributed by atoms with Crippen LogP contribution in [-0.4, -0.2) is 39.1 Å². The number of fused-ring (bicyclic) bond motifs is 3. The summed E-state index contributed by atoms with van der Waals surface area (Å²) in [6.45, 7) is 0.164. The predicted octanol–water partition coefficient (Wildman–Crippen LogP) is 2.67. The molecule has 0 saturated carbocycles. The monoisotopic (exact) mass is 341 g/mol. The number of nitrogens with one attached hydrogen (secondary N) is 1. The van der Waals surface area contributed by atoms with E-state index in [0.717, 1.165) is 22.3 Å². The van der Waals surface area contributed by atoms with Gasteiger partial charge in [0.05, 0.1) is 7.11 Å². The van der Waals surface area contributed by atoms with Gasteiger partial charge in [-0.15, -0.1) is 0 Å². The lowest BCUT2D eigenvalue weighted by Gasteiger charge is -2.17. The molecule has 0 heterocycles. The third-order valence-electron chi connectivity index (χ3n) is 4.24. The molecule has 1 aliphatic rings. The Morgan fingerprint density at radius 3 is 2.08 bits per heavy atom. The number of hydrogen-bond donors (Lipinski definition) is 1. The highest BCUT2D eigenvalue weighted by Crippen LogP contribution is 2.44. The van der Waals surface area contributed by atoms with Crippen LogP contribution in [0.1, 0.15) is 17.0 Å². The van der Waals surface area contributed by atoms with Crippen molar-refractivity contribution in [3.8, 4) is 11.1 Å². The van der Waals surface area contributed by atoms with Gasteiger partial charge >= 0.3 is 12.1 Å². The average molecular weight is 341 g/mol. The van der Waals surface area contributed by atoms with Gasteiger partial charge in [0.1, 0.15) is 6.61 Å². The van der Waals surface area contributed by atoms with Crippen LogP contribution in [0.4, 0.5) is 4.79 Å². The number of carbonyl (C=O) groups is 2. The number of ether oxygens (including phenoxy) is 3. The first kappa shape index (κ1) is 17.0. The molecule has 0 saturated heterocycles. The third-order valence-corrected chi connectivity index (χ3v) is 4.24. The highest BCUT2D eigenvalue weighted by molar-refractivity contribution is 5.81. The van der Waals surface area contributed by atoms with Gasteiger partial charge in [0.15, 0.2) is 0 Å². The zero-order valence-corrected chi connectivity index (χ0v) is 14.0. The Morgan fingerprint density at radius 2 is 1.56 bits per heavy atom. The van der Waals surface area contributed by atoms with Crippen molar-refractivity contribution < 1.29 is 23.8 Å². The Bertz CT molecular complexity index is 743. The van der Waals surface area contributed by atoms with Crippen LogP contribution in [0, 0.1) is 0 Å². The Kier molecular flexibility index (Phi) is 5.00. The van der Waals surface area contributed by atoms with E-state index in [1.807, 2.05) is 36.4 Å². The van der Waals surface area contributed by atoms with E-state index in [1.165, 1.54) is 14.2 Å². The Labute approximate surface area is 145 Å². The van der Waals surface area contributed by atoms with Gasteiger partial charge in [0.25, 0.3) is 0 Å². The summed E-state index contributed by atoms with van der Waals surface area (Å²) in [7, 11) is 2.51. The minimum Gasteiger partial charge on any atom is -0.466 e. The average Bonchev–Trinajstić information content (AvgIpc) is 2.98. The first-order valence-corrected chi connectivity index (χ1v) is 7.88. The number of alkyl carbamates (subject to hydrolysis) is 1. The van der Waals surface area contributed by atoms with E-state index in [2.05, 4.69) is 22.2 Å². The summed E-state index contributed by atoms with van der Waals surface area (Å²) >= 11 is 0. The predicted molar refractivity (Wildman–Crippen MR) is 91.0 cm³/mol. The van der Waals surface area contributed by atoms with E-state index < -0.39 is 18.3 Å². The SMILES string of the molecule is COC(=O)C(NC(=O)OCC1c2ccccc2-c2ccccc21)OC. The molecule has 130 valence electrons. The van der Waals surface area contributed by atoms with Crippen molar-refractivity contribution in [2.24, 2.45) is 0 Å². The van der Waals surface area contributed by atoms with Crippen LogP contribution in [-0.2, 0) is 19.0 Å². The second-order valence-corrected chi connectivity index (χ2v) is 5.61. The second-order valence-electron chi connectivity index (χ2n) is 5.61. The van der Waals surface area contributed by atoms with E-state index in [0.29, 0.717) is 0 Å². The molecule has 1 amide bonds. The molecular weight excluding hydrogens is 322 g/mol. The molecule has 3 rings (SSSR count). The summed E-state index contributed by atoms with van der Waals surface area (Å²) in [6, 6.07) is 16.1. The van der Waals surface area contributed by atoms with Gasteiger partial charge in [-0.05, 0) is 22.3 Å². The molecule has 0 spiro atoms. The molecule has 1 N–H and O–H groups in total. The maximum absolute atomic E-state index is 12.0. The van der Waals surface area contributed by atoms with E-state index >= 15 is 0 Å². The lowest BCUT2D eigenvalue weighted by molar-refractivity contribution is -0.153. The van der Waals surface area contributed by atoms with E-state index in [-0.39, 0.29) is 12.5 Å². The van der Waals surface area contributed by atoms with Crippen molar-refractivity contribution in [1.29, 1.82) is 0 Å². The molecule has 1 aliphatic carbocycles. The molecule has 2 aromatic carbocycles. The van der Waals surface area contributed by atoms with E-state index in [4.69, 9.17) is 9.47 Å². The molecule has 25 heavy (non-hydrogen) atoms. The fourth-order valence-electron chi connectivity index (χ4n) is 3.07. The molecule has 1 atom stereocenters. The van der Waals surface area contributed by atoms with Crippen molar-refractivity contribution >= 4 is 12.1 Å². The molecule has 0 bridgehead atoms. The van der Waals surface area contributed by atoms with Crippen molar-refractivity contribution in [3.63, 3.8) is 0 Å². The topological polar surface area (TPSA) is 73.9 Å². The van der Waals surface area contributed by atoms with Crippen molar-refractivity contribution in [3.05, 3.63) is 59.7 Å². The van der Waals surface area contributed by atoms with Crippen LogP contribution in [0.15, 0.2) is 48.5 Å². The Balaban J connectivity index is 1.71.